The number of fused-ring (bicyclic) bond motifs is 1. The van der Waals surface area contributed by atoms with Crippen molar-refractivity contribution in [2.75, 3.05) is 27.3 Å². The molecular formula is C31H38O5Si. The third-order valence-electron chi connectivity index (χ3n) is 6.92. The van der Waals surface area contributed by atoms with Crippen LogP contribution in [0.1, 0.15) is 38.9 Å². The van der Waals surface area contributed by atoms with Gasteiger partial charge in [0.2, 0.25) is 6.79 Å². The number of ether oxygens (including phenoxy) is 4. The van der Waals surface area contributed by atoms with Gasteiger partial charge in [-0.05, 0) is 39.5 Å². The van der Waals surface area contributed by atoms with E-state index in [0.29, 0.717) is 6.61 Å². The highest BCUT2D eigenvalue weighted by molar-refractivity contribution is 6.99. The third kappa shape index (κ3) is 5.83. The molecule has 0 N–H and O–H groups in total. The van der Waals surface area contributed by atoms with Crippen LogP contribution in [0.15, 0.2) is 91.5 Å². The number of benzene rings is 3. The van der Waals surface area contributed by atoms with E-state index >= 15 is 0 Å². The van der Waals surface area contributed by atoms with E-state index in [0.717, 1.165) is 23.5 Å². The lowest BCUT2D eigenvalue weighted by molar-refractivity contribution is -0.0987. The van der Waals surface area contributed by atoms with E-state index in [4.69, 9.17) is 23.4 Å². The van der Waals surface area contributed by atoms with Crippen molar-refractivity contribution in [3.8, 4) is 11.5 Å². The number of hydrogen-bond acceptors (Lipinski definition) is 5. The van der Waals surface area contributed by atoms with Gasteiger partial charge in [-0.2, -0.15) is 0 Å². The molecule has 37 heavy (non-hydrogen) atoms. The van der Waals surface area contributed by atoms with Gasteiger partial charge in [0.1, 0.15) is 6.79 Å². The molecule has 0 spiro atoms. The smallest absolute Gasteiger partial charge is 0.261 e. The second-order valence-electron chi connectivity index (χ2n) is 10.4. The summed E-state index contributed by atoms with van der Waals surface area (Å²) in [5.74, 6) is 1.49. The summed E-state index contributed by atoms with van der Waals surface area (Å²) >= 11 is 0. The number of rotatable bonds is 12. The minimum atomic E-state index is -2.70. The first-order chi connectivity index (χ1) is 17.9. The first-order valence-corrected chi connectivity index (χ1v) is 14.7. The highest BCUT2D eigenvalue weighted by Gasteiger charge is 2.50. The Labute approximate surface area is 222 Å². The summed E-state index contributed by atoms with van der Waals surface area (Å²) in [6.45, 7) is 11.8. The van der Waals surface area contributed by atoms with Gasteiger partial charge in [0, 0.05) is 19.6 Å². The molecule has 3 aromatic carbocycles. The van der Waals surface area contributed by atoms with Crippen LogP contribution in [0.3, 0.4) is 0 Å². The van der Waals surface area contributed by atoms with E-state index in [1.165, 1.54) is 10.4 Å². The van der Waals surface area contributed by atoms with Crippen molar-refractivity contribution in [2.45, 2.75) is 38.3 Å². The molecule has 1 heterocycles. The van der Waals surface area contributed by atoms with Gasteiger partial charge in [0.05, 0.1) is 6.10 Å². The van der Waals surface area contributed by atoms with Gasteiger partial charge in [-0.3, -0.25) is 0 Å². The predicted molar refractivity (Wildman–Crippen MR) is 150 cm³/mol. The maximum absolute atomic E-state index is 7.27. The molecule has 0 fully saturated rings. The Kier molecular flexibility index (Phi) is 8.87. The van der Waals surface area contributed by atoms with Gasteiger partial charge in [-0.15, -0.1) is 6.58 Å². The van der Waals surface area contributed by atoms with Gasteiger partial charge in [-0.25, -0.2) is 0 Å². The zero-order valence-electron chi connectivity index (χ0n) is 22.3. The monoisotopic (exact) mass is 518 g/mol. The van der Waals surface area contributed by atoms with Crippen molar-refractivity contribution in [1.29, 1.82) is 0 Å². The lowest BCUT2D eigenvalue weighted by Gasteiger charge is -2.44. The summed E-state index contributed by atoms with van der Waals surface area (Å²) in [5.41, 5.74) is 0.999. The van der Waals surface area contributed by atoms with Crippen LogP contribution in [0.25, 0.3) is 0 Å². The lowest BCUT2D eigenvalue weighted by atomic mass is 9.93. The maximum atomic E-state index is 7.27. The SMILES string of the molecule is C=CC[C@H](CO[Si](c1ccccc1)(c1ccccc1)C(C)(C)C)[C@H](OCOC)c1ccc2c(c1)OCO2. The maximum Gasteiger partial charge on any atom is 0.261 e. The first-order valence-electron chi connectivity index (χ1n) is 12.8. The lowest BCUT2D eigenvalue weighted by Crippen LogP contribution is -2.67. The molecule has 1 aliphatic rings. The molecule has 6 heteroatoms. The second-order valence-corrected chi connectivity index (χ2v) is 14.7. The normalized spacial score (nSPS) is 14.8. The van der Waals surface area contributed by atoms with Crippen LogP contribution < -0.4 is 19.8 Å². The van der Waals surface area contributed by atoms with Crippen LogP contribution in [-0.4, -0.2) is 35.6 Å². The van der Waals surface area contributed by atoms with Crippen LogP contribution in [0, 0.1) is 5.92 Å². The summed E-state index contributed by atoms with van der Waals surface area (Å²) in [6.07, 6.45) is 2.39. The Morgan fingerprint density at radius 2 is 1.54 bits per heavy atom. The Morgan fingerprint density at radius 1 is 0.919 bits per heavy atom. The highest BCUT2D eigenvalue weighted by atomic mass is 28.4. The van der Waals surface area contributed by atoms with E-state index in [9.17, 15) is 0 Å². The van der Waals surface area contributed by atoms with Crippen molar-refractivity contribution in [3.05, 3.63) is 97.1 Å². The summed E-state index contributed by atoms with van der Waals surface area (Å²) in [5, 5.41) is 2.39. The number of allylic oxidation sites excluding steroid dienone is 1. The molecule has 0 unspecified atom stereocenters. The van der Waals surface area contributed by atoms with E-state index in [-0.39, 0.29) is 30.6 Å². The average molecular weight is 519 g/mol. The fraction of sp³-hybridized carbons (Fsp3) is 0.355. The Morgan fingerprint density at radius 3 is 2.11 bits per heavy atom. The Hall–Kier alpha value is -2.90. The van der Waals surface area contributed by atoms with Crippen molar-refractivity contribution in [3.63, 3.8) is 0 Å². The molecule has 0 saturated carbocycles. The first kappa shape index (κ1) is 27.1. The third-order valence-corrected chi connectivity index (χ3v) is 11.9. The molecule has 0 amide bonds. The molecular weight excluding hydrogens is 480 g/mol. The largest absolute Gasteiger partial charge is 0.454 e. The van der Waals surface area contributed by atoms with Crippen LogP contribution >= 0.6 is 0 Å². The van der Waals surface area contributed by atoms with E-state index in [1.54, 1.807) is 7.11 Å². The summed E-state index contributed by atoms with van der Waals surface area (Å²) in [6, 6.07) is 27.4. The zero-order valence-corrected chi connectivity index (χ0v) is 23.3. The van der Waals surface area contributed by atoms with Crippen molar-refractivity contribution in [1.82, 2.24) is 0 Å². The fourth-order valence-corrected chi connectivity index (χ4v) is 9.84. The summed E-state index contributed by atoms with van der Waals surface area (Å²) in [4.78, 5) is 0. The Bertz CT molecular complexity index is 1100. The van der Waals surface area contributed by atoms with Crippen molar-refractivity contribution < 1.29 is 23.4 Å². The van der Waals surface area contributed by atoms with E-state index in [1.807, 2.05) is 24.3 Å². The molecule has 0 aliphatic carbocycles. The highest BCUT2D eigenvalue weighted by Crippen LogP contribution is 2.40. The van der Waals surface area contributed by atoms with Crippen molar-refractivity contribution >= 4 is 18.7 Å². The topological polar surface area (TPSA) is 46.2 Å². The van der Waals surface area contributed by atoms with Crippen LogP contribution in [0.5, 0.6) is 11.5 Å². The van der Waals surface area contributed by atoms with Crippen LogP contribution in [-0.2, 0) is 13.9 Å². The van der Waals surface area contributed by atoms with Crippen molar-refractivity contribution in [2.24, 2.45) is 5.92 Å². The molecule has 3 aromatic rings. The molecule has 196 valence electrons. The van der Waals surface area contributed by atoms with Gasteiger partial charge in [0.15, 0.2) is 11.5 Å². The number of methoxy groups -OCH3 is 1. The molecule has 0 aromatic heterocycles. The molecule has 0 saturated heterocycles. The predicted octanol–water partition coefficient (Wildman–Crippen LogP) is 5.85. The van der Waals surface area contributed by atoms with Gasteiger partial charge >= 0.3 is 0 Å². The quantitative estimate of drug-likeness (QED) is 0.171. The Balaban J connectivity index is 1.73. The molecule has 2 atom stereocenters. The minimum Gasteiger partial charge on any atom is -0.454 e. The standard InChI is InChI=1S/C31H38O5Si/c1-6-13-25(30(35-22-32-5)24-18-19-28-29(20-24)34-23-33-28)21-36-37(31(2,3)4,26-14-9-7-10-15-26)27-16-11-8-12-17-27/h6-12,14-20,25,30H,1,13,21-23H2,2-5H3/t25-,30-/m1/s1. The average Bonchev–Trinajstić information content (AvgIpc) is 3.38. The molecule has 1 aliphatic heterocycles. The van der Waals surface area contributed by atoms with E-state index < -0.39 is 8.32 Å². The summed E-state index contributed by atoms with van der Waals surface area (Å²) < 4.78 is 30.1. The van der Waals surface area contributed by atoms with Gasteiger partial charge < -0.3 is 23.4 Å². The summed E-state index contributed by atoms with van der Waals surface area (Å²) in [7, 11) is -1.06. The van der Waals surface area contributed by atoms with Gasteiger partial charge in [0.25, 0.3) is 8.32 Å². The molecule has 0 bridgehead atoms. The molecule has 5 nitrogen and oxygen atoms in total. The van der Waals surface area contributed by atoms with Crippen LogP contribution in [0.2, 0.25) is 5.04 Å². The van der Waals surface area contributed by atoms with Crippen LogP contribution in [0.4, 0.5) is 0 Å². The minimum absolute atomic E-state index is 0.00895. The molecule has 4 rings (SSSR count). The second kappa shape index (κ2) is 12.1. The fourth-order valence-electron chi connectivity index (χ4n) is 5.22. The van der Waals surface area contributed by atoms with Gasteiger partial charge in [-0.1, -0.05) is 93.6 Å². The number of hydrogen-bond donors (Lipinski definition) is 0. The zero-order chi connectivity index (χ0) is 26.3. The molecule has 0 radical (unpaired) electrons. The van der Waals surface area contributed by atoms with E-state index in [2.05, 4.69) is 88.0 Å².